The maximum absolute atomic E-state index is 15.0. The van der Waals surface area contributed by atoms with Crippen LogP contribution in [0.1, 0.15) is 21.5 Å². The van der Waals surface area contributed by atoms with E-state index in [1.807, 2.05) is 24.3 Å². The second kappa shape index (κ2) is 11.2. The molecule has 36 heavy (non-hydrogen) atoms. The number of amides is 2. The quantitative estimate of drug-likeness (QED) is 0.500. The number of hydrogen-bond donors (Lipinski definition) is 1. The minimum absolute atomic E-state index is 0.138. The molecule has 7 nitrogen and oxygen atoms in total. The predicted octanol–water partition coefficient (Wildman–Crippen LogP) is 4.27. The fourth-order valence-corrected chi connectivity index (χ4v) is 4.36. The molecule has 8 heteroatoms. The first-order valence-corrected chi connectivity index (χ1v) is 11.8. The molecule has 0 saturated carbocycles. The highest BCUT2D eigenvalue weighted by Gasteiger charge is 2.28. The number of anilines is 2. The molecule has 1 saturated heterocycles. The van der Waals surface area contributed by atoms with Crippen LogP contribution in [0.3, 0.4) is 0 Å². The molecule has 3 aromatic rings. The largest absolute Gasteiger partial charge is 0.495 e. The minimum Gasteiger partial charge on any atom is -0.495 e. The molecule has 0 aromatic heterocycles. The number of halogens is 1. The molecule has 1 aliphatic heterocycles. The van der Waals surface area contributed by atoms with E-state index >= 15 is 4.39 Å². The van der Waals surface area contributed by atoms with Crippen LogP contribution >= 0.6 is 0 Å². The van der Waals surface area contributed by atoms with Crippen LogP contribution in [0.5, 0.6) is 5.75 Å². The van der Waals surface area contributed by atoms with Crippen molar-refractivity contribution in [2.75, 3.05) is 49.7 Å². The summed E-state index contributed by atoms with van der Waals surface area (Å²) in [7, 11) is 1.64. The van der Waals surface area contributed by atoms with E-state index in [1.165, 1.54) is 11.0 Å². The number of urea groups is 1. The third kappa shape index (κ3) is 5.49. The summed E-state index contributed by atoms with van der Waals surface area (Å²) in [6, 6.07) is 19.0. The fourth-order valence-electron chi connectivity index (χ4n) is 4.36. The van der Waals surface area contributed by atoms with Gasteiger partial charge in [-0.15, -0.1) is 0 Å². The number of ether oxygens (including phenoxy) is 1. The van der Waals surface area contributed by atoms with Crippen LogP contribution in [0.4, 0.5) is 20.6 Å². The van der Waals surface area contributed by atoms with Crippen molar-refractivity contribution >= 4 is 23.2 Å². The van der Waals surface area contributed by atoms with Crippen LogP contribution in [0.25, 0.3) is 0 Å². The topological polar surface area (TPSA) is 73.3 Å². The van der Waals surface area contributed by atoms with Crippen molar-refractivity contribution in [3.8, 4) is 5.75 Å². The van der Waals surface area contributed by atoms with Gasteiger partial charge in [-0.05, 0) is 42.3 Å². The smallest absolute Gasteiger partial charge is 0.325 e. The number of para-hydroxylation sites is 2. The third-order valence-electron chi connectivity index (χ3n) is 6.36. The second-order valence-corrected chi connectivity index (χ2v) is 8.75. The Morgan fingerprint density at radius 2 is 1.69 bits per heavy atom. The molecule has 2 amide bonds. The molecule has 4 rings (SSSR count). The van der Waals surface area contributed by atoms with Gasteiger partial charge in [-0.25, -0.2) is 9.18 Å². The van der Waals surface area contributed by atoms with Gasteiger partial charge in [-0.1, -0.05) is 42.5 Å². The first-order valence-electron chi connectivity index (χ1n) is 11.8. The zero-order valence-corrected chi connectivity index (χ0v) is 20.5. The Balaban J connectivity index is 1.54. The van der Waals surface area contributed by atoms with E-state index in [9.17, 15) is 9.59 Å². The number of hydrogen-bond acceptors (Lipinski definition) is 5. The van der Waals surface area contributed by atoms with Crippen molar-refractivity contribution in [1.82, 2.24) is 4.90 Å². The number of carbonyl (C=O) groups excluding carboxylic acids is 2. The molecule has 1 aliphatic rings. The predicted molar refractivity (Wildman–Crippen MR) is 137 cm³/mol. The van der Waals surface area contributed by atoms with Crippen LogP contribution in [0.2, 0.25) is 0 Å². The Kier molecular flexibility index (Phi) is 7.85. The maximum Gasteiger partial charge on any atom is 0.325 e. The van der Waals surface area contributed by atoms with E-state index < -0.39 is 12.4 Å². The molecule has 188 valence electrons. The zero-order chi connectivity index (χ0) is 25.7. The monoisotopic (exact) mass is 491 g/mol. The summed E-state index contributed by atoms with van der Waals surface area (Å²) >= 11 is 0. The number of carbonyl (C=O) groups is 2. The van der Waals surface area contributed by atoms with Crippen molar-refractivity contribution in [2.45, 2.75) is 13.5 Å². The normalized spacial score (nSPS) is 13.4. The molecule has 0 radical (unpaired) electrons. The van der Waals surface area contributed by atoms with Crippen molar-refractivity contribution in [1.29, 1.82) is 0 Å². The highest BCUT2D eigenvalue weighted by molar-refractivity contribution is 5.97. The first kappa shape index (κ1) is 25.2. The molecule has 0 unspecified atom stereocenters. The summed E-state index contributed by atoms with van der Waals surface area (Å²) in [5.74, 6) is -0.0705. The van der Waals surface area contributed by atoms with Crippen LogP contribution in [-0.4, -0.2) is 61.7 Å². The SMILES string of the molecule is COc1ccccc1N1CCN(C(=O)N(Cc2ccc(C(=O)CO)cc2)c2ccc(C)cc2F)CC1. The van der Waals surface area contributed by atoms with E-state index in [2.05, 4.69) is 4.90 Å². The first-order chi connectivity index (χ1) is 17.4. The summed E-state index contributed by atoms with van der Waals surface area (Å²) in [6.07, 6.45) is 0. The molecule has 0 aliphatic carbocycles. The van der Waals surface area contributed by atoms with Gasteiger partial charge >= 0.3 is 6.03 Å². The highest BCUT2D eigenvalue weighted by atomic mass is 19.1. The number of benzene rings is 3. The highest BCUT2D eigenvalue weighted by Crippen LogP contribution is 2.29. The van der Waals surface area contributed by atoms with Gasteiger partial charge in [-0.2, -0.15) is 0 Å². The Hall–Kier alpha value is -3.91. The lowest BCUT2D eigenvalue weighted by atomic mass is 10.1. The van der Waals surface area contributed by atoms with Crippen molar-refractivity contribution in [3.05, 3.63) is 89.2 Å². The molecule has 1 N–H and O–H groups in total. The number of aliphatic hydroxyl groups excluding tert-OH is 1. The summed E-state index contributed by atoms with van der Waals surface area (Å²) in [4.78, 5) is 30.8. The van der Waals surface area contributed by atoms with Crippen molar-refractivity contribution < 1.29 is 23.8 Å². The van der Waals surface area contributed by atoms with Crippen molar-refractivity contribution in [3.63, 3.8) is 0 Å². The molecule has 3 aromatic carbocycles. The van der Waals surface area contributed by atoms with Gasteiger partial charge in [0.1, 0.15) is 18.2 Å². The number of aliphatic hydroxyl groups is 1. The molecule has 0 spiro atoms. The molecule has 0 atom stereocenters. The van der Waals surface area contributed by atoms with E-state index in [-0.39, 0.29) is 24.0 Å². The lowest BCUT2D eigenvalue weighted by molar-refractivity contribution is 0.0903. The Labute approximate surface area is 210 Å². The zero-order valence-electron chi connectivity index (χ0n) is 20.5. The van der Waals surface area contributed by atoms with Crippen LogP contribution < -0.4 is 14.5 Å². The Bertz CT molecular complexity index is 1220. The number of piperazine rings is 1. The number of Topliss-reactive ketones (excluding diaryl/α,β-unsaturated/α-hetero) is 1. The number of rotatable bonds is 7. The second-order valence-electron chi connectivity index (χ2n) is 8.75. The lowest BCUT2D eigenvalue weighted by Gasteiger charge is -2.39. The van der Waals surface area contributed by atoms with Gasteiger partial charge < -0.3 is 19.6 Å². The van der Waals surface area contributed by atoms with Gasteiger partial charge in [0.25, 0.3) is 0 Å². The average molecular weight is 492 g/mol. The molecular weight excluding hydrogens is 461 g/mol. The summed E-state index contributed by atoms with van der Waals surface area (Å²) in [5, 5.41) is 9.08. The Morgan fingerprint density at radius 1 is 1.00 bits per heavy atom. The van der Waals surface area contributed by atoms with Gasteiger partial charge in [0.05, 0.1) is 25.0 Å². The molecular formula is C28H30FN3O4. The summed E-state index contributed by atoms with van der Waals surface area (Å²) < 4.78 is 20.5. The van der Waals surface area contributed by atoms with Gasteiger partial charge in [-0.3, -0.25) is 9.69 Å². The molecule has 1 heterocycles. The number of methoxy groups -OCH3 is 1. The lowest BCUT2D eigenvalue weighted by Crippen LogP contribution is -2.53. The van der Waals surface area contributed by atoms with E-state index in [4.69, 9.17) is 9.84 Å². The fraction of sp³-hybridized carbons (Fsp3) is 0.286. The Morgan fingerprint density at radius 3 is 2.33 bits per heavy atom. The number of nitrogens with zero attached hydrogens (tertiary/aromatic N) is 3. The average Bonchev–Trinajstić information content (AvgIpc) is 2.91. The standard InChI is InChI=1S/C28H30FN3O4/c1-20-7-12-24(23(29)17-20)32(18-21-8-10-22(11-9-21)26(34)19-33)28(35)31-15-13-30(14-16-31)25-5-3-4-6-27(25)36-2/h3-12,17,33H,13-16,18-19H2,1-2H3. The van der Waals surface area contributed by atoms with E-state index in [0.29, 0.717) is 31.7 Å². The molecule has 0 bridgehead atoms. The maximum atomic E-state index is 15.0. The van der Waals surface area contributed by atoms with E-state index in [1.54, 1.807) is 55.3 Å². The van der Waals surface area contributed by atoms with Gasteiger partial charge in [0.2, 0.25) is 0 Å². The van der Waals surface area contributed by atoms with Gasteiger partial charge in [0.15, 0.2) is 5.78 Å². The third-order valence-corrected chi connectivity index (χ3v) is 6.36. The number of ketones is 1. The minimum atomic E-state index is -0.570. The van der Waals surface area contributed by atoms with Gasteiger partial charge in [0, 0.05) is 31.7 Å². The van der Waals surface area contributed by atoms with Crippen LogP contribution in [0, 0.1) is 12.7 Å². The summed E-state index contributed by atoms with van der Waals surface area (Å²) in [6.45, 7) is 3.56. The number of aryl methyl sites for hydroxylation is 1. The van der Waals surface area contributed by atoms with Crippen LogP contribution in [0.15, 0.2) is 66.7 Å². The van der Waals surface area contributed by atoms with Crippen molar-refractivity contribution in [2.24, 2.45) is 0 Å². The summed E-state index contributed by atoms with van der Waals surface area (Å²) in [5.41, 5.74) is 3.07. The van der Waals surface area contributed by atoms with E-state index in [0.717, 1.165) is 22.6 Å². The van der Waals surface area contributed by atoms with Crippen LogP contribution in [-0.2, 0) is 6.54 Å². The molecule has 1 fully saturated rings.